The molecule has 0 aliphatic rings. The molecule has 5 heteroatoms. The number of hydrazone groups is 1. The fourth-order valence-corrected chi connectivity index (χ4v) is 2.11. The van der Waals surface area contributed by atoms with Crippen LogP contribution in [0, 0.1) is 6.92 Å². The Morgan fingerprint density at radius 2 is 2.00 bits per heavy atom. The summed E-state index contributed by atoms with van der Waals surface area (Å²) in [5.41, 5.74) is 5.06. The number of phenols is 1. The van der Waals surface area contributed by atoms with E-state index in [1.54, 1.807) is 18.2 Å². The monoisotopic (exact) mass is 346 g/mol. The maximum Gasteiger partial charge on any atom is 0.244 e. The summed E-state index contributed by atoms with van der Waals surface area (Å²) in [6.07, 6.45) is 1.68. The molecule has 0 bridgehead atoms. The van der Waals surface area contributed by atoms with E-state index in [1.807, 2.05) is 31.2 Å². The number of aromatic hydroxyl groups is 1. The molecule has 0 aromatic heterocycles. The number of carbonyl (C=O) groups excluding carboxylic acids is 1. The van der Waals surface area contributed by atoms with Crippen LogP contribution in [0.1, 0.15) is 16.7 Å². The minimum atomic E-state index is -0.204. The van der Waals surface area contributed by atoms with E-state index in [9.17, 15) is 9.90 Å². The lowest BCUT2D eigenvalue weighted by Gasteiger charge is -2.02. The average Bonchev–Trinajstić information content (AvgIpc) is 2.45. The highest BCUT2D eigenvalue weighted by atomic mass is 79.9. The third-order valence-electron chi connectivity index (χ3n) is 2.87. The number of hydrogen-bond acceptors (Lipinski definition) is 3. The number of nitrogens with zero attached hydrogens (tertiary/aromatic N) is 1. The molecular weight excluding hydrogens is 332 g/mol. The van der Waals surface area contributed by atoms with Crippen LogP contribution in [0.5, 0.6) is 5.75 Å². The lowest BCUT2D eigenvalue weighted by Crippen LogP contribution is -2.19. The molecule has 2 rings (SSSR count). The summed E-state index contributed by atoms with van der Waals surface area (Å²) in [6, 6.07) is 12.8. The van der Waals surface area contributed by atoms with Gasteiger partial charge in [0.05, 0.1) is 12.6 Å². The van der Waals surface area contributed by atoms with Crippen LogP contribution < -0.4 is 5.43 Å². The first-order valence-electron chi connectivity index (χ1n) is 6.40. The van der Waals surface area contributed by atoms with E-state index in [-0.39, 0.29) is 18.1 Å². The van der Waals surface area contributed by atoms with Crippen molar-refractivity contribution in [3.8, 4) is 5.75 Å². The molecule has 0 spiro atoms. The van der Waals surface area contributed by atoms with Crippen molar-refractivity contribution in [1.82, 2.24) is 5.43 Å². The number of phenolic OH excluding ortho intramolecular Hbond substituents is 1. The fourth-order valence-electron chi connectivity index (χ4n) is 1.73. The van der Waals surface area contributed by atoms with Crippen LogP contribution in [0.3, 0.4) is 0 Å². The van der Waals surface area contributed by atoms with Gasteiger partial charge < -0.3 is 5.11 Å². The summed E-state index contributed by atoms with van der Waals surface area (Å²) < 4.78 is 0.827. The minimum absolute atomic E-state index is 0.106. The van der Waals surface area contributed by atoms with E-state index >= 15 is 0 Å². The molecule has 0 aliphatic heterocycles. The van der Waals surface area contributed by atoms with Crippen molar-refractivity contribution in [2.24, 2.45) is 5.10 Å². The van der Waals surface area contributed by atoms with Crippen molar-refractivity contribution in [3.63, 3.8) is 0 Å². The van der Waals surface area contributed by atoms with Crippen LogP contribution in [0.4, 0.5) is 0 Å². The lowest BCUT2D eigenvalue weighted by atomic mass is 10.1. The maximum atomic E-state index is 11.7. The second-order valence-corrected chi connectivity index (χ2v) is 5.57. The van der Waals surface area contributed by atoms with Crippen molar-refractivity contribution in [3.05, 3.63) is 63.6 Å². The Balaban J connectivity index is 1.93. The van der Waals surface area contributed by atoms with Gasteiger partial charge in [-0.25, -0.2) is 5.43 Å². The van der Waals surface area contributed by atoms with Gasteiger partial charge in [-0.1, -0.05) is 45.8 Å². The zero-order valence-electron chi connectivity index (χ0n) is 11.5. The molecule has 0 heterocycles. The molecule has 2 N–H and O–H groups in total. The Kier molecular flexibility index (Phi) is 5.11. The topological polar surface area (TPSA) is 61.7 Å². The van der Waals surface area contributed by atoms with Crippen molar-refractivity contribution >= 4 is 28.1 Å². The molecule has 0 fully saturated rings. The van der Waals surface area contributed by atoms with Gasteiger partial charge in [-0.2, -0.15) is 5.10 Å². The van der Waals surface area contributed by atoms with Gasteiger partial charge in [0.2, 0.25) is 5.91 Å². The van der Waals surface area contributed by atoms with E-state index in [0.717, 1.165) is 15.6 Å². The lowest BCUT2D eigenvalue weighted by molar-refractivity contribution is -0.120. The first kappa shape index (κ1) is 15.3. The van der Waals surface area contributed by atoms with Crippen molar-refractivity contribution in [2.75, 3.05) is 0 Å². The Bertz CT molecular complexity index is 666. The predicted octanol–water partition coefficient (Wildman–Crippen LogP) is 3.16. The molecule has 2 aromatic rings. The van der Waals surface area contributed by atoms with Gasteiger partial charge in [-0.05, 0) is 30.7 Å². The fraction of sp³-hybridized carbons (Fsp3) is 0.125. The summed E-state index contributed by atoms with van der Waals surface area (Å²) in [5.74, 6) is -0.0978. The second-order valence-electron chi connectivity index (χ2n) is 4.66. The van der Waals surface area contributed by atoms with Gasteiger partial charge in [0.15, 0.2) is 0 Å². The van der Waals surface area contributed by atoms with Crippen molar-refractivity contribution in [2.45, 2.75) is 13.3 Å². The Labute approximate surface area is 131 Å². The normalized spacial score (nSPS) is 10.8. The van der Waals surface area contributed by atoms with Gasteiger partial charge in [0, 0.05) is 10.0 Å². The molecule has 0 saturated carbocycles. The summed E-state index contributed by atoms with van der Waals surface area (Å²) >= 11 is 3.31. The molecule has 4 nitrogen and oxygen atoms in total. The zero-order valence-corrected chi connectivity index (χ0v) is 13.1. The van der Waals surface area contributed by atoms with E-state index in [4.69, 9.17) is 0 Å². The number of carbonyl (C=O) groups is 1. The van der Waals surface area contributed by atoms with Crippen LogP contribution in [0.15, 0.2) is 52.0 Å². The SMILES string of the molecule is Cc1ccc(CC(=O)N/N=C/c2cc(Br)ccc2O)cc1. The van der Waals surface area contributed by atoms with Crippen LogP contribution in [-0.4, -0.2) is 17.2 Å². The molecule has 0 unspecified atom stereocenters. The number of amides is 1. The predicted molar refractivity (Wildman–Crippen MR) is 86.4 cm³/mol. The minimum Gasteiger partial charge on any atom is -0.507 e. The van der Waals surface area contributed by atoms with Gasteiger partial charge in [-0.3, -0.25) is 4.79 Å². The van der Waals surface area contributed by atoms with Gasteiger partial charge in [-0.15, -0.1) is 0 Å². The molecule has 21 heavy (non-hydrogen) atoms. The number of aryl methyl sites for hydroxylation is 1. The number of rotatable bonds is 4. The van der Waals surface area contributed by atoms with Gasteiger partial charge in [0.1, 0.15) is 5.75 Å². The van der Waals surface area contributed by atoms with Crippen LogP contribution in [-0.2, 0) is 11.2 Å². The highest BCUT2D eigenvalue weighted by Gasteiger charge is 2.02. The molecule has 0 aliphatic carbocycles. The average molecular weight is 347 g/mol. The molecule has 108 valence electrons. The standard InChI is InChI=1S/C16H15BrN2O2/c1-11-2-4-12(5-3-11)8-16(21)19-18-10-13-9-14(17)6-7-15(13)20/h2-7,9-10,20H,8H2,1H3,(H,19,21)/b18-10+. The Hall–Kier alpha value is -2.14. The number of benzene rings is 2. The maximum absolute atomic E-state index is 11.7. The van der Waals surface area contributed by atoms with Gasteiger partial charge >= 0.3 is 0 Å². The number of hydrogen-bond donors (Lipinski definition) is 2. The summed E-state index contributed by atoms with van der Waals surface area (Å²) in [4.78, 5) is 11.7. The van der Waals surface area contributed by atoms with Gasteiger partial charge in [0.25, 0.3) is 0 Å². The van der Waals surface area contributed by atoms with E-state index in [1.165, 1.54) is 6.21 Å². The number of nitrogens with one attached hydrogen (secondary N) is 1. The summed E-state index contributed by atoms with van der Waals surface area (Å²) in [6.45, 7) is 2.00. The van der Waals surface area contributed by atoms with Crippen LogP contribution >= 0.6 is 15.9 Å². The quantitative estimate of drug-likeness (QED) is 0.659. The van der Waals surface area contributed by atoms with E-state index < -0.39 is 0 Å². The third kappa shape index (κ3) is 4.72. The van der Waals surface area contributed by atoms with E-state index in [2.05, 4.69) is 26.5 Å². The zero-order chi connectivity index (χ0) is 15.2. The summed E-state index contributed by atoms with van der Waals surface area (Å²) in [5, 5.41) is 13.5. The van der Waals surface area contributed by atoms with Crippen molar-refractivity contribution in [1.29, 1.82) is 0 Å². The molecule has 0 radical (unpaired) electrons. The Morgan fingerprint density at radius 3 is 2.71 bits per heavy atom. The van der Waals surface area contributed by atoms with E-state index in [0.29, 0.717) is 5.56 Å². The van der Waals surface area contributed by atoms with Crippen LogP contribution in [0.25, 0.3) is 0 Å². The molecule has 2 aromatic carbocycles. The molecule has 0 atom stereocenters. The molecule has 1 amide bonds. The highest BCUT2D eigenvalue weighted by Crippen LogP contribution is 2.19. The third-order valence-corrected chi connectivity index (χ3v) is 3.36. The molecular formula is C16H15BrN2O2. The second kappa shape index (κ2) is 7.04. The number of halogens is 1. The first-order valence-corrected chi connectivity index (χ1v) is 7.20. The molecule has 0 saturated heterocycles. The first-order chi connectivity index (χ1) is 10.0. The smallest absolute Gasteiger partial charge is 0.244 e. The largest absolute Gasteiger partial charge is 0.507 e. The summed E-state index contributed by atoms with van der Waals surface area (Å²) in [7, 11) is 0. The van der Waals surface area contributed by atoms with Crippen LogP contribution in [0.2, 0.25) is 0 Å². The highest BCUT2D eigenvalue weighted by molar-refractivity contribution is 9.10. The van der Waals surface area contributed by atoms with Crippen molar-refractivity contribution < 1.29 is 9.90 Å². The Morgan fingerprint density at radius 1 is 1.29 bits per heavy atom.